The third kappa shape index (κ3) is 4.19. The Hall–Kier alpha value is -1.11. The number of halogens is 1. The van der Waals surface area contributed by atoms with Gasteiger partial charge in [-0.3, -0.25) is 0 Å². The molecule has 0 bridgehead atoms. The largest absolute Gasteiger partial charge is 0.384 e. The molecule has 0 aliphatic heterocycles. The van der Waals surface area contributed by atoms with Crippen molar-refractivity contribution in [3.05, 3.63) is 40.6 Å². The lowest BCUT2D eigenvalue weighted by Gasteiger charge is -2.06. The van der Waals surface area contributed by atoms with Crippen LogP contribution in [0.5, 0.6) is 0 Å². The van der Waals surface area contributed by atoms with Crippen molar-refractivity contribution in [1.29, 1.82) is 0 Å². The Bertz CT molecular complexity index is 565. The van der Waals surface area contributed by atoms with Gasteiger partial charge >= 0.3 is 0 Å². The van der Waals surface area contributed by atoms with E-state index in [0.29, 0.717) is 24.9 Å². The Morgan fingerprint density at radius 2 is 2.11 bits per heavy atom. The van der Waals surface area contributed by atoms with Crippen LogP contribution in [-0.4, -0.2) is 16.6 Å². The fourth-order valence-corrected chi connectivity index (χ4v) is 2.84. The monoisotopic (exact) mass is 339 g/mol. The summed E-state index contributed by atoms with van der Waals surface area (Å²) in [5.41, 5.74) is 5.79. The minimum Gasteiger partial charge on any atom is -0.384 e. The van der Waals surface area contributed by atoms with Gasteiger partial charge in [0.05, 0.1) is 0 Å². The van der Waals surface area contributed by atoms with Gasteiger partial charge in [-0.05, 0) is 35.0 Å². The van der Waals surface area contributed by atoms with Crippen LogP contribution in [0, 0.1) is 0 Å². The SMILES string of the molecule is CCOCc1nc(N)cc(Sc2ccccc2Br)n1. The molecule has 6 heteroatoms. The Morgan fingerprint density at radius 3 is 2.84 bits per heavy atom. The molecule has 19 heavy (non-hydrogen) atoms. The van der Waals surface area contributed by atoms with E-state index in [1.807, 2.05) is 31.2 Å². The van der Waals surface area contributed by atoms with Crippen LogP contribution in [0.2, 0.25) is 0 Å². The van der Waals surface area contributed by atoms with Crippen molar-refractivity contribution in [2.75, 3.05) is 12.3 Å². The molecule has 0 saturated carbocycles. The van der Waals surface area contributed by atoms with Gasteiger partial charge in [0.15, 0.2) is 5.82 Å². The van der Waals surface area contributed by atoms with Crippen molar-refractivity contribution in [3.63, 3.8) is 0 Å². The highest BCUT2D eigenvalue weighted by Gasteiger charge is 2.07. The first-order valence-corrected chi connectivity index (χ1v) is 7.43. The van der Waals surface area contributed by atoms with Gasteiger partial charge in [-0.25, -0.2) is 9.97 Å². The third-order valence-electron chi connectivity index (χ3n) is 2.26. The zero-order valence-corrected chi connectivity index (χ0v) is 12.9. The summed E-state index contributed by atoms with van der Waals surface area (Å²) in [6, 6.07) is 9.74. The predicted molar refractivity (Wildman–Crippen MR) is 80.0 cm³/mol. The summed E-state index contributed by atoms with van der Waals surface area (Å²) in [6.07, 6.45) is 0. The molecule has 0 radical (unpaired) electrons. The minimum atomic E-state index is 0.380. The van der Waals surface area contributed by atoms with Crippen molar-refractivity contribution >= 4 is 33.5 Å². The molecule has 2 aromatic rings. The number of anilines is 1. The van der Waals surface area contributed by atoms with E-state index in [-0.39, 0.29) is 0 Å². The molecule has 1 aromatic carbocycles. The number of benzene rings is 1. The van der Waals surface area contributed by atoms with Crippen molar-refractivity contribution in [3.8, 4) is 0 Å². The summed E-state index contributed by atoms with van der Waals surface area (Å²) in [4.78, 5) is 9.67. The van der Waals surface area contributed by atoms with E-state index in [1.165, 1.54) is 0 Å². The average Bonchev–Trinajstić information content (AvgIpc) is 2.38. The number of nitrogen functional groups attached to an aromatic ring is 1. The van der Waals surface area contributed by atoms with Crippen LogP contribution in [0.25, 0.3) is 0 Å². The second kappa shape index (κ2) is 6.88. The van der Waals surface area contributed by atoms with Crippen molar-refractivity contribution in [2.24, 2.45) is 0 Å². The number of ether oxygens (including phenoxy) is 1. The number of nitrogens with zero attached hydrogens (tertiary/aromatic N) is 2. The maximum absolute atomic E-state index is 5.79. The second-order valence-electron chi connectivity index (χ2n) is 3.72. The molecule has 0 aliphatic carbocycles. The summed E-state index contributed by atoms with van der Waals surface area (Å²) in [7, 11) is 0. The van der Waals surface area contributed by atoms with E-state index in [4.69, 9.17) is 10.5 Å². The Balaban J connectivity index is 2.20. The molecule has 0 fully saturated rings. The Morgan fingerprint density at radius 1 is 1.32 bits per heavy atom. The first kappa shape index (κ1) is 14.3. The first-order valence-electron chi connectivity index (χ1n) is 5.82. The molecule has 0 amide bonds. The molecule has 1 aromatic heterocycles. The molecule has 4 nitrogen and oxygen atoms in total. The molecule has 0 atom stereocenters. The summed E-state index contributed by atoms with van der Waals surface area (Å²) in [5.74, 6) is 1.07. The van der Waals surface area contributed by atoms with Crippen molar-refractivity contribution in [1.82, 2.24) is 9.97 Å². The van der Waals surface area contributed by atoms with Gasteiger partial charge in [-0.1, -0.05) is 23.9 Å². The van der Waals surface area contributed by atoms with Gasteiger partial charge in [0.25, 0.3) is 0 Å². The van der Waals surface area contributed by atoms with Gasteiger partial charge < -0.3 is 10.5 Å². The first-order chi connectivity index (χ1) is 9.19. The quantitative estimate of drug-likeness (QED) is 0.844. The smallest absolute Gasteiger partial charge is 0.157 e. The summed E-state index contributed by atoms with van der Waals surface area (Å²) in [6.45, 7) is 2.94. The third-order valence-corrected chi connectivity index (χ3v) is 4.20. The normalized spacial score (nSPS) is 10.6. The lowest BCUT2D eigenvalue weighted by molar-refractivity contribution is 0.128. The number of nitrogens with two attached hydrogens (primary N) is 1. The topological polar surface area (TPSA) is 61.0 Å². The maximum Gasteiger partial charge on any atom is 0.157 e. The zero-order chi connectivity index (χ0) is 13.7. The van der Waals surface area contributed by atoms with Gasteiger partial charge in [0, 0.05) is 22.0 Å². The van der Waals surface area contributed by atoms with Gasteiger partial charge in [-0.15, -0.1) is 0 Å². The lowest BCUT2D eigenvalue weighted by Crippen LogP contribution is -2.03. The highest BCUT2D eigenvalue weighted by molar-refractivity contribution is 9.10. The van der Waals surface area contributed by atoms with Gasteiger partial charge in [0.2, 0.25) is 0 Å². The van der Waals surface area contributed by atoms with Crippen LogP contribution in [0.1, 0.15) is 12.7 Å². The van der Waals surface area contributed by atoms with E-state index in [2.05, 4.69) is 25.9 Å². The molecule has 2 N–H and O–H groups in total. The molecule has 1 heterocycles. The lowest BCUT2D eigenvalue weighted by atomic mass is 10.4. The van der Waals surface area contributed by atoms with Crippen LogP contribution in [0.4, 0.5) is 5.82 Å². The van der Waals surface area contributed by atoms with E-state index < -0.39 is 0 Å². The summed E-state index contributed by atoms with van der Waals surface area (Å²) in [5, 5.41) is 0.814. The fraction of sp³-hybridized carbons (Fsp3) is 0.231. The number of aromatic nitrogens is 2. The highest BCUT2D eigenvalue weighted by Crippen LogP contribution is 2.32. The van der Waals surface area contributed by atoms with E-state index in [1.54, 1.807) is 17.8 Å². The van der Waals surface area contributed by atoms with Crippen LogP contribution in [0.3, 0.4) is 0 Å². The van der Waals surface area contributed by atoms with Gasteiger partial charge in [-0.2, -0.15) is 0 Å². The van der Waals surface area contributed by atoms with Crippen molar-refractivity contribution < 1.29 is 4.74 Å². The van der Waals surface area contributed by atoms with E-state index in [9.17, 15) is 0 Å². The maximum atomic E-state index is 5.79. The van der Waals surface area contributed by atoms with E-state index >= 15 is 0 Å². The molecule has 2 rings (SSSR count). The van der Waals surface area contributed by atoms with E-state index in [0.717, 1.165) is 14.4 Å². The molecular formula is C13H14BrN3OS. The second-order valence-corrected chi connectivity index (χ2v) is 5.63. The summed E-state index contributed by atoms with van der Waals surface area (Å²) >= 11 is 5.06. The van der Waals surface area contributed by atoms with Crippen molar-refractivity contribution in [2.45, 2.75) is 23.5 Å². The summed E-state index contributed by atoms with van der Waals surface area (Å²) < 4.78 is 6.34. The number of hydrogen-bond donors (Lipinski definition) is 1. The minimum absolute atomic E-state index is 0.380. The van der Waals surface area contributed by atoms with Crippen LogP contribution < -0.4 is 5.73 Å². The molecule has 0 aliphatic rings. The highest BCUT2D eigenvalue weighted by atomic mass is 79.9. The Labute approximate surface area is 124 Å². The average molecular weight is 340 g/mol. The molecule has 0 spiro atoms. The zero-order valence-electron chi connectivity index (χ0n) is 10.5. The fourth-order valence-electron chi connectivity index (χ4n) is 1.44. The van der Waals surface area contributed by atoms with Gasteiger partial charge in [0.1, 0.15) is 17.5 Å². The molecule has 0 saturated heterocycles. The predicted octanol–water partition coefficient (Wildman–Crippen LogP) is 3.51. The molecule has 100 valence electrons. The molecule has 0 unspecified atom stereocenters. The molecular weight excluding hydrogens is 326 g/mol. The number of rotatable bonds is 5. The Kier molecular flexibility index (Phi) is 5.18. The van der Waals surface area contributed by atoms with Crippen LogP contribution >= 0.6 is 27.7 Å². The standard InChI is InChI=1S/C13H14BrN3OS/c1-2-18-8-12-16-11(15)7-13(17-12)19-10-6-4-3-5-9(10)14/h3-7H,2,8H2,1H3,(H2,15,16,17). The number of hydrogen-bond acceptors (Lipinski definition) is 5. The van der Waals surface area contributed by atoms with Crippen LogP contribution in [0.15, 0.2) is 44.7 Å². The van der Waals surface area contributed by atoms with Crippen LogP contribution in [-0.2, 0) is 11.3 Å².